The maximum absolute atomic E-state index is 5.53. The normalized spacial score (nSPS) is 32.1. The van der Waals surface area contributed by atoms with Crippen LogP contribution in [0.15, 0.2) is 0 Å². The van der Waals surface area contributed by atoms with Gasteiger partial charge < -0.3 is 15.0 Å². The lowest BCUT2D eigenvalue weighted by molar-refractivity contribution is 0.166. The molecule has 0 aromatic heterocycles. The number of hydrogen-bond acceptors (Lipinski definition) is 3. The molecular weight excluding hydrogens is 212 g/mol. The molecule has 3 nitrogen and oxygen atoms in total. The molecule has 0 spiro atoms. The minimum Gasteiger partial charge on any atom is -0.381 e. The van der Waals surface area contributed by atoms with Crippen LogP contribution in [-0.2, 0) is 4.74 Å². The van der Waals surface area contributed by atoms with Gasteiger partial charge in [-0.25, -0.2) is 0 Å². The van der Waals surface area contributed by atoms with Crippen molar-refractivity contribution in [3.63, 3.8) is 0 Å². The molecule has 100 valence electrons. The van der Waals surface area contributed by atoms with Crippen LogP contribution in [-0.4, -0.2) is 50.3 Å². The van der Waals surface area contributed by atoms with E-state index in [0.29, 0.717) is 6.04 Å². The van der Waals surface area contributed by atoms with Crippen molar-refractivity contribution in [2.45, 2.75) is 39.2 Å². The quantitative estimate of drug-likeness (QED) is 0.765. The van der Waals surface area contributed by atoms with Crippen molar-refractivity contribution >= 4 is 0 Å². The Morgan fingerprint density at radius 2 is 2.24 bits per heavy atom. The summed E-state index contributed by atoms with van der Waals surface area (Å²) in [6, 6.07) is 0.637. The van der Waals surface area contributed by atoms with Gasteiger partial charge in [0.05, 0.1) is 6.61 Å². The number of nitrogens with zero attached hydrogens (tertiary/aromatic N) is 1. The van der Waals surface area contributed by atoms with Gasteiger partial charge in [-0.15, -0.1) is 0 Å². The molecule has 2 fully saturated rings. The summed E-state index contributed by atoms with van der Waals surface area (Å²) in [5, 5.41) is 3.66. The van der Waals surface area contributed by atoms with Crippen molar-refractivity contribution in [2.24, 2.45) is 11.8 Å². The zero-order valence-corrected chi connectivity index (χ0v) is 11.5. The van der Waals surface area contributed by atoms with Crippen LogP contribution in [0, 0.1) is 11.8 Å². The van der Waals surface area contributed by atoms with Crippen LogP contribution in [0.1, 0.15) is 33.1 Å². The third kappa shape index (κ3) is 3.67. The predicted octanol–water partition coefficient (Wildman–Crippen LogP) is 1.73. The van der Waals surface area contributed by atoms with E-state index >= 15 is 0 Å². The number of ether oxygens (including phenoxy) is 1. The summed E-state index contributed by atoms with van der Waals surface area (Å²) in [7, 11) is 0. The standard InChI is InChI=1S/C14H28N2O/c1-3-12-5-7-16(9-12)10-14(15-4-2)13-6-8-17-11-13/h12-15H,3-11H2,1-2H3. The molecule has 0 bridgehead atoms. The Morgan fingerprint density at radius 3 is 2.82 bits per heavy atom. The molecule has 0 aliphatic carbocycles. The van der Waals surface area contributed by atoms with Gasteiger partial charge in [0.15, 0.2) is 0 Å². The van der Waals surface area contributed by atoms with Crippen molar-refractivity contribution in [2.75, 3.05) is 39.4 Å². The van der Waals surface area contributed by atoms with Crippen LogP contribution >= 0.6 is 0 Å². The van der Waals surface area contributed by atoms with Crippen LogP contribution in [0.3, 0.4) is 0 Å². The molecule has 1 N–H and O–H groups in total. The highest BCUT2D eigenvalue weighted by Crippen LogP contribution is 2.22. The average Bonchev–Trinajstić information content (AvgIpc) is 2.99. The van der Waals surface area contributed by atoms with E-state index in [2.05, 4.69) is 24.1 Å². The van der Waals surface area contributed by atoms with Crippen molar-refractivity contribution in [3.05, 3.63) is 0 Å². The van der Waals surface area contributed by atoms with Crippen LogP contribution in [0.25, 0.3) is 0 Å². The third-order valence-corrected chi connectivity index (χ3v) is 4.40. The van der Waals surface area contributed by atoms with Crippen molar-refractivity contribution in [1.82, 2.24) is 10.2 Å². The minimum absolute atomic E-state index is 0.637. The summed E-state index contributed by atoms with van der Waals surface area (Å²) in [4.78, 5) is 2.65. The number of likely N-dealkylation sites (N-methyl/N-ethyl adjacent to an activating group) is 1. The summed E-state index contributed by atoms with van der Waals surface area (Å²) < 4.78 is 5.53. The van der Waals surface area contributed by atoms with Crippen molar-refractivity contribution < 1.29 is 4.74 Å². The first-order valence-electron chi connectivity index (χ1n) is 7.37. The molecule has 2 heterocycles. The molecule has 3 heteroatoms. The molecule has 0 aromatic carbocycles. The number of hydrogen-bond donors (Lipinski definition) is 1. The summed E-state index contributed by atoms with van der Waals surface area (Å²) in [6.45, 7) is 11.4. The summed E-state index contributed by atoms with van der Waals surface area (Å²) >= 11 is 0. The van der Waals surface area contributed by atoms with Crippen LogP contribution in [0.5, 0.6) is 0 Å². The maximum Gasteiger partial charge on any atom is 0.0510 e. The van der Waals surface area contributed by atoms with Gasteiger partial charge >= 0.3 is 0 Å². The fraction of sp³-hybridized carbons (Fsp3) is 1.00. The van der Waals surface area contributed by atoms with Gasteiger partial charge in [0.1, 0.15) is 0 Å². The monoisotopic (exact) mass is 240 g/mol. The fourth-order valence-electron chi connectivity index (χ4n) is 3.20. The number of rotatable bonds is 6. The van der Waals surface area contributed by atoms with E-state index < -0.39 is 0 Å². The Morgan fingerprint density at radius 1 is 1.35 bits per heavy atom. The first-order valence-corrected chi connectivity index (χ1v) is 7.37. The molecule has 0 radical (unpaired) electrons. The van der Waals surface area contributed by atoms with Gasteiger partial charge in [0, 0.05) is 31.7 Å². The highest BCUT2D eigenvalue weighted by atomic mass is 16.5. The first-order chi connectivity index (χ1) is 8.33. The van der Waals surface area contributed by atoms with E-state index in [1.807, 2.05) is 0 Å². The molecule has 2 aliphatic rings. The Labute approximate surface area is 106 Å². The maximum atomic E-state index is 5.53. The predicted molar refractivity (Wildman–Crippen MR) is 71.2 cm³/mol. The molecule has 3 unspecified atom stereocenters. The molecule has 2 aliphatic heterocycles. The van der Waals surface area contributed by atoms with Gasteiger partial charge in [-0.2, -0.15) is 0 Å². The molecule has 2 saturated heterocycles. The number of likely N-dealkylation sites (tertiary alicyclic amines) is 1. The topological polar surface area (TPSA) is 24.5 Å². The second-order valence-electron chi connectivity index (χ2n) is 5.61. The SMILES string of the molecule is CCNC(CN1CCC(CC)C1)C1CCOC1. The molecule has 0 amide bonds. The Balaban J connectivity index is 1.80. The second-order valence-corrected chi connectivity index (χ2v) is 5.61. The van der Waals surface area contributed by atoms with Crippen molar-refractivity contribution in [3.8, 4) is 0 Å². The van der Waals surface area contributed by atoms with E-state index in [1.54, 1.807) is 0 Å². The average molecular weight is 240 g/mol. The molecule has 3 atom stereocenters. The smallest absolute Gasteiger partial charge is 0.0510 e. The van der Waals surface area contributed by atoms with Gasteiger partial charge in [-0.1, -0.05) is 20.3 Å². The lowest BCUT2D eigenvalue weighted by Crippen LogP contribution is -2.45. The molecule has 17 heavy (non-hydrogen) atoms. The molecule has 0 aromatic rings. The summed E-state index contributed by atoms with van der Waals surface area (Å²) in [5.41, 5.74) is 0. The van der Waals surface area contributed by atoms with E-state index in [1.165, 1.54) is 38.9 Å². The summed E-state index contributed by atoms with van der Waals surface area (Å²) in [5.74, 6) is 1.67. The van der Waals surface area contributed by atoms with E-state index in [9.17, 15) is 0 Å². The van der Waals surface area contributed by atoms with Gasteiger partial charge in [0.2, 0.25) is 0 Å². The fourth-order valence-corrected chi connectivity index (χ4v) is 3.20. The highest BCUT2D eigenvalue weighted by molar-refractivity contribution is 4.85. The molecular formula is C14H28N2O. The van der Waals surface area contributed by atoms with Crippen LogP contribution in [0.2, 0.25) is 0 Å². The van der Waals surface area contributed by atoms with E-state index in [-0.39, 0.29) is 0 Å². The second kappa shape index (κ2) is 6.72. The lowest BCUT2D eigenvalue weighted by Gasteiger charge is -2.28. The van der Waals surface area contributed by atoms with Gasteiger partial charge in [-0.3, -0.25) is 0 Å². The van der Waals surface area contributed by atoms with Gasteiger partial charge in [-0.05, 0) is 31.8 Å². The summed E-state index contributed by atoms with van der Waals surface area (Å²) in [6.07, 6.45) is 3.98. The van der Waals surface area contributed by atoms with Gasteiger partial charge in [0.25, 0.3) is 0 Å². The van der Waals surface area contributed by atoms with E-state index in [0.717, 1.165) is 31.6 Å². The Kier molecular flexibility index (Phi) is 5.26. The Bertz CT molecular complexity index is 216. The molecule has 2 rings (SSSR count). The third-order valence-electron chi connectivity index (χ3n) is 4.40. The molecule has 0 saturated carbocycles. The number of nitrogens with one attached hydrogen (secondary N) is 1. The van der Waals surface area contributed by atoms with Crippen LogP contribution < -0.4 is 5.32 Å². The van der Waals surface area contributed by atoms with Crippen molar-refractivity contribution in [1.29, 1.82) is 0 Å². The lowest BCUT2D eigenvalue weighted by atomic mass is 9.98. The van der Waals surface area contributed by atoms with Crippen LogP contribution in [0.4, 0.5) is 0 Å². The zero-order chi connectivity index (χ0) is 12.1. The largest absolute Gasteiger partial charge is 0.381 e. The zero-order valence-electron chi connectivity index (χ0n) is 11.5. The highest BCUT2D eigenvalue weighted by Gasteiger charge is 2.29. The minimum atomic E-state index is 0.637. The first kappa shape index (κ1) is 13.3. The Hall–Kier alpha value is -0.120. The van der Waals surface area contributed by atoms with E-state index in [4.69, 9.17) is 4.74 Å².